The Hall–Kier alpha value is -2.91. The highest BCUT2D eigenvalue weighted by Crippen LogP contribution is 2.39. The van der Waals surface area contributed by atoms with E-state index in [4.69, 9.17) is 4.74 Å². The Labute approximate surface area is 175 Å². The lowest BCUT2D eigenvalue weighted by molar-refractivity contribution is 0.00557. The third-order valence-corrected chi connectivity index (χ3v) is 7.56. The molecule has 0 saturated carbocycles. The molecular formula is C21H22N4O4S. The van der Waals surface area contributed by atoms with E-state index < -0.39 is 16.3 Å². The lowest BCUT2D eigenvalue weighted by Gasteiger charge is -2.38. The number of sulfonamides is 1. The minimum Gasteiger partial charge on any atom is -0.497 e. The molecule has 0 bridgehead atoms. The monoisotopic (exact) mass is 426 g/mol. The minimum atomic E-state index is -3.79. The second kappa shape index (κ2) is 7.10. The lowest BCUT2D eigenvalue weighted by atomic mass is 10.1. The maximum atomic E-state index is 13.4. The Kier molecular flexibility index (Phi) is 4.52. The highest BCUT2D eigenvalue weighted by atomic mass is 32.2. The van der Waals surface area contributed by atoms with Gasteiger partial charge in [-0.2, -0.15) is 5.01 Å². The number of likely N-dealkylation sites (tertiary alicyclic amines) is 1. The van der Waals surface area contributed by atoms with E-state index in [9.17, 15) is 13.2 Å². The number of carbonyl (C=O) groups is 1. The zero-order valence-corrected chi connectivity index (χ0v) is 17.4. The van der Waals surface area contributed by atoms with E-state index >= 15 is 0 Å². The van der Waals surface area contributed by atoms with Crippen LogP contribution in [0.2, 0.25) is 0 Å². The molecule has 1 amide bonds. The third kappa shape index (κ3) is 2.80. The van der Waals surface area contributed by atoms with Gasteiger partial charge in [0.05, 0.1) is 12.0 Å². The fraction of sp³-hybridized carbons (Fsp3) is 0.333. The van der Waals surface area contributed by atoms with Gasteiger partial charge >= 0.3 is 0 Å². The van der Waals surface area contributed by atoms with Crippen LogP contribution in [0.4, 0.5) is 0 Å². The van der Waals surface area contributed by atoms with Crippen molar-refractivity contribution in [2.45, 2.75) is 30.4 Å². The molecule has 9 heteroatoms. The lowest BCUT2D eigenvalue weighted by Crippen LogP contribution is -2.56. The second-order valence-corrected chi connectivity index (χ2v) is 9.33. The summed E-state index contributed by atoms with van der Waals surface area (Å²) in [5.74, 6) is 0.606. The molecule has 1 unspecified atom stereocenters. The normalized spacial score (nSPS) is 22.4. The van der Waals surface area contributed by atoms with Gasteiger partial charge in [-0.1, -0.05) is 18.6 Å². The molecule has 2 aromatic rings. The first-order chi connectivity index (χ1) is 14.5. The van der Waals surface area contributed by atoms with Crippen LogP contribution in [-0.2, 0) is 10.0 Å². The number of hydrogen-bond acceptors (Lipinski definition) is 6. The predicted molar refractivity (Wildman–Crippen MR) is 110 cm³/mol. The van der Waals surface area contributed by atoms with E-state index in [0.29, 0.717) is 35.8 Å². The van der Waals surface area contributed by atoms with Crippen molar-refractivity contribution in [1.82, 2.24) is 14.2 Å². The molecule has 5 rings (SSSR count). The van der Waals surface area contributed by atoms with E-state index in [1.807, 2.05) is 4.90 Å². The van der Waals surface area contributed by atoms with Crippen molar-refractivity contribution in [2.24, 2.45) is 5.10 Å². The quantitative estimate of drug-likeness (QED) is 0.752. The topological polar surface area (TPSA) is 82.5 Å². The van der Waals surface area contributed by atoms with Crippen LogP contribution in [0.5, 0.6) is 5.75 Å². The summed E-state index contributed by atoms with van der Waals surface area (Å²) in [7, 11) is -2.23. The van der Waals surface area contributed by atoms with Crippen LogP contribution in [0.15, 0.2) is 58.5 Å². The van der Waals surface area contributed by atoms with Gasteiger partial charge in [-0.05, 0) is 49.2 Å². The van der Waals surface area contributed by atoms with E-state index in [1.165, 1.54) is 9.31 Å². The first-order valence-corrected chi connectivity index (χ1v) is 11.4. The van der Waals surface area contributed by atoms with Crippen molar-refractivity contribution >= 4 is 21.8 Å². The van der Waals surface area contributed by atoms with Crippen LogP contribution in [0.25, 0.3) is 0 Å². The fourth-order valence-electron chi connectivity index (χ4n) is 4.27. The third-order valence-electron chi connectivity index (χ3n) is 5.77. The number of ether oxygens (including phenoxy) is 1. The Morgan fingerprint density at radius 2 is 1.73 bits per heavy atom. The van der Waals surface area contributed by atoms with Gasteiger partial charge in [-0.15, -0.1) is 5.10 Å². The molecule has 0 aliphatic carbocycles. The number of benzene rings is 2. The molecule has 3 aliphatic rings. The van der Waals surface area contributed by atoms with Crippen LogP contribution in [0, 0.1) is 0 Å². The number of rotatable bonds is 3. The molecule has 3 aliphatic heterocycles. The molecule has 156 valence electrons. The molecule has 0 radical (unpaired) electrons. The van der Waals surface area contributed by atoms with Crippen LogP contribution in [-0.4, -0.2) is 60.9 Å². The standard InChI is InChI=1S/C21H22N4O4S/c1-29-16-11-9-15(10-12-16)20(26)24-21(23-13-5-2-6-14-23)25-19(22-24)17-7-3-4-8-18(17)30(25,27)28/h3-4,7-12,21H,2,5-6,13-14H2,1H3. The predicted octanol–water partition coefficient (Wildman–Crippen LogP) is 2.29. The van der Waals surface area contributed by atoms with Crippen molar-refractivity contribution in [3.8, 4) is 5.75 Å². The molecule has 0 aromatic heterocycles. The number of amidine groups is 1. The Bertz CT molecular complexity index is 1120. The number of amides is 1. The Balaban J connectivity index is 1.60. The molecular weight excluding hydrogens is 404 g/mol. The molecule has 8 nitrogen and oxygen atoms in total. The summed E-state index contributed by atoms with van der Waals surface area (Å²) >= 11 is 0. The highest BCUT2D eigenvalue weighted by Gasteiger charge is 2.53. The van der Waals surface area contributed by atoms with Gasteiger partial charge in [0.15, 0.2) is 12.1 Å². The van der Waals surface area contributed by atoms with E-state index in [1.54, 1.807) is 55.6 Å². The van der Waals surface area contributed by atoms with Gasteiger partial charge < -0.3 is 4.74 Å². The van der Waals surface area contributed by atoms with Crippen molar-refractivity contribution in [3.63, 3.8) is 0 Å². The summed E-state index contributed by atoms with van der Waals surface area (Å²) in [6.07, 6.45) is 2.21. The van der Waals surface area contributed by atoms with Crippen molar-refractivity contribution in [2.75, 3.05) is 20.2 Å². The van der Waals surface area contributed by atoms with Crippen molar-refractivity contribution in [3.05, 3.63) is 59.7 Å². The smallest absolute Gasteiger partial charge is 0.277 e. The number of piperidine rings is 1. The Morgan fingerprint density at radius 1 is 1.03 bits per heavy atom. The summed E-state index contributed by atoms with van der Waals surface area (Å²) < 4.78 is 33.2. The summed E-state index contributed by atoms with van der Waals surface area (Å²) in [6, 6.07) is 13.6. The van der Waals surface area contributed by atoms with Crippen LogP contribution >= 0.6 is 0 Å². The first-order valence-electron chi connectivity index (χ1n) is 9.96. The number of methoxy groups -OCH3 is 1. The van der Waals surface area contributed by atoms with Gasteiger partial charge in [0.1, 0.15) is 5.75 Å². The minimum absolute atomic E-state index is 0.238. The Morgan fingerprint density at radius 3 is 2.43 bits per heavy atom. The molecule has 2 aromatic carbocycles. The number of fused-ring (bicyclic) bond motifs is 3. The van der Waals surface area contributed by atoms with E-state index in [2.05, 4.69) is 5.10 Å². The highest BCUT2D eigenvalue weighted by molar-refractivity contribution is 7.90. The van der Waals surface area contributed by atoms with Gasteiger partial charge in [0.2, 0.25) is 0 Å². The number of hydrazone groups is 1. The molecule has 0 spiro atoms. The SMILES string of the molecule is COc1ccc(C(=O)N2N=C3c4ccccc4S(=O)(=O)N3C2N2CCCCC2)cc1. The average Bonchev–Trinajstić information content (AvgIpc) is 3.29. The molecule has 0 N–H and O–H groups in total. The van der Waals surface area contributed by atoms with Crippen molar-refractivity contribution in [1.29, 1.82) is 0 Å². The van der Waals surface area contributed by atoms with Crippen LogP contribution < -0.4 is 4.74 Å². The fourth-order valence-corrected chi connectivity index (χ4v) is 6.00. The molecule has 1 fully saturated rings. The van der Waals surface area contributed by atoms with E-state index in [-0.39, 0.29) is 10.8 Å². The number of nitrogens with zero attached hydrogens (tertiary/aromatic N) is 4. The summed E-state index contributed by atoms with van der Waals surface area (Å²) in [4.78, 5) is 15.7. The van der Waals surface area contributed by atoms with Gasteiger partial charge in [0.25, 0.3) is 15.9 Å². The number of hydrogen-bond donors (Lipinski definition) is 0. The molecule has 30 heavy (non-hydrogen) atoms. The van der Waals surface area contributed by atoms with Crippen LogP contribution in [0.1, 0.15) is 35.2 Å². The summed E-state index contributed by atoms with van der Waals surface area (Å²) in [5.41, 5.74) is 0.957. The van der Waals surface area contributed by atoms with Gasteiger partial charge in [-0.25, -0.2) is 12.7 Å². The van der Waals surface area contributed by atoms with Crippen molar-refractivity contribution < 1.29 is 17.9 Å². The van der Waals surface area contributed by atoms with Gasteiger partial charge in [0, 0.05) is 24.2 Å². The molecule has 1 saturated heterocycles. The first kappa shape index (κ1) is 19.1. The molecule has 3 heterocycles. The summed E-state index contributed by atoms with van der Waals surface area (Å²) in [5, 5.41) is 5.85. The maximum absolute atomic E-state index is 13.4. The second-order valence-electron chi connectivity index (χ2n) is 7.54. The van der Waals surface area contributed by atoms with Gasteiger partial charge in [-0.3, -0.25) is 9.69 Å². The van der Waals surface area contributed by atoms with E-state index in [0.717, 1.165) is 19.3 Å². The zero-order valence-electron chi connectivity index (χ0n) is 16.6. The average molecular weight is 426 g/mol. The molecule has 1 atom stereocenters. The number of carbonyl (C=O) groups excluding carboxylic acids is 1. The zero-order chi connectivity index (χ0) is 20.9. The maximum Gasteiger partial charge on any atom is 0.277 e. The summed E-state index contributed by atoms with van der Waals surface area (Å²) in [6.45, 7) is 1.42. The largest absolute Gasteiger partial charge is 0.497 e. The van der Waals surface area contributed by atoms with Crippen LogP contribution in [0.3, 0.4) is 0 Å².